The summed E-state index contributed by atoms with van der Waals surface area (Å²) in [6, 6.07) is 6.25. The number of halogens is 1. The Morgan fingerprint density at radius 3 is 2.39 bits per heavy atom. The molecule has 0 unspecified atom stereocenters. The summed E-state index contributed by atoms with van der Waals surface area (Å²) in [6.07, 6.45) is 0. The predicted octanol–water partition coefficient (Wildman–Crippen LogP) is 2.01. The molecule has 0 radical (unpaired) electrons. The molecule has 0 aromatic heterocycles. The number of amides is 2. The summed E-state index contributed by atoms with van der Waals surface area (Å²) in [5.41, 5.74) is 0. The first kappa shape index (κ1) is 18.0. The monoisotopic (exact) mass is 359 g/mol. The van der Waals surface area contributed by atoms with Crippen LogP contribution < -0.4 is 5.32 Å². The largest absolute Gasteiger partial charge is 0.338 e. The van der Waals surface area contributed by atoms with Crippen molar-refractivity contribution in [2.24, 2.45) is 5.92 Å². The maximum absolute atomic E-state index is 12.6. The number of carbonyl (C=O) groups excluding carboxylic acids is 1. The lowest BCUT2D eigenvalue weighted by Crippen LogP contribution is -2.53. The molecular weight excluding hydrogens is 338 g/mol. The number of sulfonamides is 1. The van der Waals surface area contributed by atoms with Crippen molar-refractivity contribution in [2.75, 3.05) is 32.7 Å². The summed E-state index contributed by atoms with van der Waals surface area (Å²) in [5.74, 6) is 0.376. The van der Waals surface area contributed by atoms with Gasteiger partial charge >= 0.3 is 6.03 Å². The van der Waals surface area contributed by atoms with Crippen LogP contribution in [0.3, 0.4) is 0 Å². The van der Waals surface area contributed by atoms with E-state index in [9.17, 15) is 13.2 Å². The number of urea groups is 1. The lowest BCUT2D eigenvalue weighted by Gasteiger charge is -2.34. The van der Waals surface area contributed by atoms with Crippen molar-refractivity contribution in [1.82, 2.24) is 14.5 Å². The van der Waals surface area contributed by atoms with Crippen LogP contribution in [0.1, 0.15) is 13.8 Å². The van der Waals surface area contributed by atoms with Crippen molar-refractivity contribution < 1.29 is 13.2 Å². The number of hydrogen-bond acceptors (Lipinski definition) is 3. The second-order valence-electron chi connectivity index (χ2n) is 5.90. The average molecular weight is 360 g/mol. The van der Waals surface area contributed by atoms with E-state index in [-0.39, 0.29) is 29.0 Å². The highest BCUT2D eigenvalue weighted by molar-refractivity contribution is 7.89. The SMILES string of the molecule is CC(C)CNC(=O)N1CCN(S(=O)(=O)c2ccccc2Cl)CC1. The summed E-state index contributed by atoms with van der Waals surface area (Å²) in [4.78, 5) is 13.8. The van der Waals surface area contributed by atoms with Gasteiger partial charge in [0.1, 0.15) is 4.90 Å². The molecule has 1 fully saturated rings. The number of hydrogen-bond donors (Lipinski definition) is 1. The van der Waals surface area contributed by atoms with E-state index in [4.69, 9.17) is 11.6 Å². The van der Waals surface area contributed by atoms with Crippen molar-refractivity contribution in [2.45, 2.75) is 18.7 Å². The van der Waals surface area contributed by atoms with E-state index < -0.39 is 10.0 Å². The quantitative estimate of drug-likeness (QED) is 0.894. The third kappa shape index (κ3) is 4.37. The minimum absolute atomic E-state index is 0.111. The van der Waals surface area contributed by atoms with Gasteiger partial charge in [-0.05, 0) is 18.1 Å². The third-order valence-electron chi connectivity index (χ3n) is 3.64. The maximum Gasteiger partial charge on any atom is 0.317 e. The number of carbonyl (C=O) groups is 1. The van der Waals surface area contributed by atoms with Crippen LogP contribution in [0.25, 0.3) is 0 Å². The van der Waals surface area contributed by atoms with Gasteiger partial charge in [-0.2, -0.15) is 4.31 Å². The Kier molecular flexibility index (Phi) is 5.89. The van der Waals surface area contributed by atoms with Crippen molar-refractivity contribution >= 4 is 27.7 Å². The van der Waals surface area contributed by atoms with Gasteiger partial charge in [0.25, 0.3) is 0 Å². The molecule has 128 valence electrons. The van der Waals surface area contributed by atoms with Gasteiger partial charge in [-0.15, -0.1) is 0 Å². The minimum atomic E-state index is -3.62. The molecule has 1 aromatic rings. The summed E-state index contributed by atoms with van der Waals surface area (Å²) in [5, 5.41) is 3.06. The number of benzene rings is 1. The molecule has 6 nitrogen and oxygen atoms in total. The van der Waals surface area contributed by atoms with Gasteiger partial charge in [0.15, 0.2) is 0 Å². The highest BCUT2D eigenvalue weighted by atomic mass is 35.5. The van der Waals surface area contributed by atoms with Crippen LogP contribution in [0, 0.1) is 5.92 Å². The molecule has 1 aromatic carbocycles. The zero-order valence-corrected chi connectivity index (χ0v) is 14.9. The summed E-state index contributed by atoms with van der Waals surface area (Å²) >= 11 is 6.00. The Labute approximate surface area is 142 Å². The molecule has 1 N–H and O–H groups in total. The van der Waals surface area contributed by atoms with Crippen molar-refractivity contribution in [1.29, 1.82) is 0 Å². The Morgan fingerprint density at radius 2 is 1.83 bits per heavy atom. The van der Waals surface area contributed by atoms with Crippen molar-refractivity contribution in [3.8, 4) is 0 Å². The smallest absolute Gasteiger partial charge is 0.317 e. The molecular formula is C15H22ClN3O3S. The topological polar surface area (TPSA) is 69.7 Å². The average Bonchev–Trinajstić information content (AvgIpc) is 2.53. The van der Waals surface area contributed by atoms with Crippen molar-refractivity contribution in [3.63, 3.8) is 0 Å². The van der Waals surface area contributed by atoms with Gasteiger partial charge in [0.05, 0.1) is 5.02 Å². The molecule has 1 aliphatic heterocycles. The number of piperazine rings is 1. The molecule has 0 atom stereocenters. The molecule has 0 saturated carbocycles. The van der Waals surface area contributed by atoms with E-state index in [1.165, 1.54) is 10.4 Å². The first-order valence-corrected chi connectivity index (χ1v) is 9.41. The fourth-order valence-corrected chi connectivity index (χ4v) is 4.24. The molecule has 0 bridgehead atoms. The van der Waals surface area contributed by atoms with Crippen LogP contribution in [0.5, 0.6) is 0 Å². The molecule has 1 aliphatic rings. The molecule has 2 rings (SSSR count). The van der Waals surface area contributed by atoms with E-state index in [1.54, 1.807) is 23.1 Å². The van der Waals surface area contributed by atoms with E-state index in [0.717, 1.165) is 0 Å². The lowest BCUT2D eigenvalue weighted by molar-refractivity contribution is 0.171. The first-order valence-electron chi connectivity index (χ1n) is 7.60. The van der Waals surface area contributed by atoms with E-state index in [0.29, 0.717) is 25.6 Å². The highest BCUT2D eigenvalue weighted by Gasteiger charge is 2.31. The fourth-order valence-electron chi connectivity index (χ4n) is 2.33. The van der Waals surface area contributed by atoms with Gasteiger partial charge in [0.2, 0.25) is 10.0 Å². The number of rotatable bonds is 4. The first-order chi connectivity index (χ1) is 10.8. The lowest BCUT2D eigenvalue weighted by atomic mass is 10.2. The van der Waals surface area contributed by atoms with E-state index in [1.807, 2.05) is 13.8 Å². The van der Waals surface area contributed by atoms with Crippen molar-refractivity contribution in [3.05, 3.63) is 29.3 Å². The third-order valence-corrected chi connectivity index (χ3v) is 6.04. The van der Waals surface area contributed by atoms with Crippen LogP contribution >= 0.6 is 11.6 Å². The van der Waals surface area contributed by atoms with Crippen LogP contribution in [0.4, 0.5) is 4.79 Å². The maximum atomic E-state index is 12.6. The zero-order chi connectivity index (χ0) is 17.0. The number of nitrogens with one attached hydrogen (secondary N) is 1. The van der Waals surface area contributed by atoms with E-state index in [2.05, 4.69) is 5.32 Å². The molecule has 2 amide bonds. The van der Waals surface area contributed by atoms with Gasteiger partial charge in [-0.3, -0.25) is 0 Å². The predicted molar refractivity (Wildman–Crippen MR) is 90.0 cm³/mol. The Bertz CT molecular complexity index is 656. The molecule has 1 saturated heterocycles. The van der Waals surface area contributed by atoms with Gasteiger partial charge < -0.3 is 10.2 Å². The van der Waals surface area contributed by atoms with Gasteiger partial charge in [-0.1, -0.05) is 37.6 Å². The molecule has 0 aliphatic carbocycles. The van der Waals surface area contributed by atoms with Gasteiger partial charge in [-0.25, -0.2) is 13.2 Å². The Hall–Kier alpha value is -1.31. The number of nitrogens with zero attached hydrogens (tertiary/aromatic N) is 2. The molecule has 8 heteroatoms. The van der Waals surface area contributed by atoms with Gasteiger partial charge in [0, 0.05) is 32.7 Å². The molecule has 23 heavy (non-hydrogen) atoms. The zero-order valence-electron chi connectivity index (χ0n) is 13.3. The summed E-state index contributed by atoms with van der Waals surface area (Å²) < 4.78 is 26.6. The normalized spacial score (nSPS) is 16.6. The van der Waals surface area contributed by atoms with E-state index >= 15 is 0 Å². The summed E-state index contributed by atoms with van der Waals surface area (Å²) in [7, 11) is -3.62. The molecule has 0 spiro atoms. The molecule has 1 heterocycles. The minimum Gasteiger partial charge on any atom is -0.338 e. The van der Waals surface area contributed by atoms with Crippen LogP contribution in [0.15, 0.2) is 29.2 Å². The van der Waals surface area contributed by atoms with Crippen LogP contribution in [0.2, 0.25) is 5.02 Å². The fraction of sp³-hybridized carbons (Fsp3) is 0.533. The standard InChI is InChI=1S/C15H22ClN3O3S/c1-12(2)11-17-15(20)18-7-9-19(10-8-18)23(21,22)14-6-4-3-5-13(14)16/h3-6,12H,7-11H2,1-2H3,(H,17,20). The second-order valence-corrected chi connectivity index (χ2v) is 8.22. The van der Waals surface area contributed by atoms with Crippen LogP contribution in [-0.2, 0) is 10.0 Å². The van der Waals surface area contributed by atoms with Crippen LogP contribution in [-0.4, -0.2) is 56.4 Å². The highest BCUT2D eigenvalue weighted by Crippen LogP contribution is 2.24. The summed E-state index contributed by atoms with van der Waals surface area (Å²) in [6.45, 7) is 5.92. The second kappa shape index (κ2) is 7.51. The Balaban J connectivity index is 1.99. The Morgan fingerprint density at radius 1 is 1.22 bits per heavy atom.